The van der Waals surface area contributed by atoms with Gasteiger partial charge in [0.1, 0.15) is 0 Å². The summed E-state index contributed by atoms with van der Waals surface area (Å²) in [7, 11) is 0. The fourth-order valence-corrected chi connectivity index (χ4v) is 5.59. The Balaban J connectivity index is 1.17. The molecule has 1 saturated carbocycles. The lowest BCUT2D eigenvalue weighted by atomic mass is 10.0. The van der Waals surface area contributed by atoms with E-state index in [1.807, 2.05) is 9.80 Å². The molecule has 0 aromatic heterocycles. The molecule has 0 unspecified atom stereocenters. The molecule has 2 aliphatic heterocycles. The van der Waals surface area contributed by atoms with E-state index in [-0.39, 0.29) is 17.9 Å². The van der Waals surface area contributed by atoms with Crippen LogP contribution < -0.4 is 10.6 Å². The molecule has 11 heteroatoms. The van der Waals surface area contributed by atoms with E-state index in [1.54, 1.807) is 13.0 Å². The Hall–Kier alpha value is -2.82. The van der Waals surface area contributed by atoms with Crippen LogP contribution >= 0.6 is 0 Å². The van der Waals surface area contributed by atoms with Crippen molar-refractivity contribution in [3.8, 4) is 0 Å². The zero-order chi connectivity index (χ0) is 29.6. The Morgan fingerprint density at radius 2 is 1.54 bits per heavy atom. The maximum Gasteiger partial charge on any atom is 0.416 e. The molecule has 0 radical (unpaired) electrons. The van der Waals surface area contributed by atoms with Crippen LogP contribution in [0.4, 0.5) is 27.6 Å². The molecule has 1 aromatic carbocycles. The van der Waals surface area contributed by atoms with E-state index >= 15 is 0 Å². The van der Waals surface area contributed by atoms with Gasteiger partial charge >= 0.3 is 6.18 Å². The molecule has 228 valence electrons. The van der Waals surface area contributed by atoms with Gasteiger partial charge in [-0.3, -0.25) is 9.69 Å². The van der Waals surface area contributed by atoms with Crippen molar-refractivity contribution in [2.24, 2.45) is 11.7 Å². The number of carbonyl (C=O) groups is 1. The van der Waals surface area contributed by atoms with Crippen LogP contribution in [-0.2, 0) is 11.0 Å². The third-order valence-electron chi connectivity index (χ3n) is 8.37. The molecule has 1 aromatic rings. The number of halogens is 5. The molecule has 0 bridgehead atoms. The SMILES string of the molecule is CC/C(=C\C=C(/N)N1CCCN(C(=O)CCCN2CCN(c3ccc(C(F)(F)F)cc3)CC2)CC1)C(F)(F)C1CC1. The van der Waals surface area contributed by atoms with Crippen molar-refractivity contribution < 1.29 is 26.7 Å². The molecule has 6 nitrogen and oxygen atoms in total. The molecular weight excluding hydrogens is 541 g/mol. The number of carbonyl (C=O) groups excluding carboxylic acids is 1. The van der Waals surface area contributed by atoms with Crippen molar-refractivity contribution in [2.75, 3.05) is 63.8 Å². The fraction of sp³-hybridized carbons (Fsp3) is 0.633. The highest BCUT2D eigenvalue weighted by Gasteiger charge is 2.48. The summed E-state index contributed by atoms with van der Waals surface area (Å²) in [5, 5.41) is 0. The van der Waals surface area contributed by atoms with Crippen LogP contribution in [0.2, 0.25) is 0 Å². The maximum atomic E-state index is 14.5. The summed E-state index contributed by atoms with van der Waals surface area (Å²) < 4.78 is 67.4. The maximum absolute atomic E-state index is 14.5. The Kier molecular flexibility index (Phi) is 10.2. The van der Waals surface area contributed by atoms with Crippen molar-refractivity contribution in [1.82, 2.24) is 14.7 Å². The first-order valence-electron chi connectivity index (χ1n) is 14.7. The molecule has 41 heavy (non-hydrogen) atoms. The van der Waals surface area contributed by atoms with Crippen LogP contribution in [0.3, 0.4) is 0 Å². The monoisotopic (exact) mass is 583 g/mol. The van der Waals surface area contributed by atoms with Crippen LogP contribution in [0.25, 0.3) is 0 Å². The van der Waals surface area contributed by atoms with Crippen molar-refractivity contribution >= 4 is 11.6 Å². The number of hydrogen-bond donors (Lipinski definition) is 1. The molecule has 2 saturated heterocycles. The second-order valence-corrected chi connectivity index (χ2v) is 11.2. The van der Waals surface area contributed by atoms with Gasteiger partial charge in [-0.1, -0.05) is 13.0 Å². The fourth-order valence-electron chi connectivity index (χ4n) is 5.59. The number of hydrogen-bond acceptors (Lipinski definition) is 5. The number of benzene rings is 1. The second kappa shape index (κ2) is 13.4. The first kappa shape index (κ1) is 31.1. The van der Waals surface area contributed by atoms with E-state index in [4.69, 9.17) is 5.73 Å². The number of amides is 1. The van der Waals surface area contributed by atoms with E-state index in [1.165, 1.54) is 18.2 Å². The van der Waals surface area contributed by atoms with Crippen molar-refractivity contribution in [3.05, 3.63) is 53.4 Å². The van der Waals surface area contributed by atoms with Gasteiger partial charge in [0.25, 0.3) is 5.92 Å². The average Bonchev–Trinajstić information content (AvgIpc) is 3.81. The van der Waals surface area contributed by atoms with Crippen LogP contribution in [0, 0.1) is 5.92 Å². The Bertz CT molecular complexity index is 1080. The standard InChI is InChI=1S/C30H42F5N5O/c1-2-23(29(31,32)24-6-7-24)10-13-27(36)39-15-4-16-40(22-21-39)28(41)5-3-14-37-17-19-38(20-18-37)26-11-8-25(9-12-26)30(33,34)35/h8-13,24H,2-7,14-22,36H2,1H3/b23-10+,27-13+. The van der Waals surface area contributed by atoms with Gasteiger partial charge in [-0.25, -0.2) is 8.78 Å². The third kappa shape index (κ3) is 8.36. The summed E-state index contributed by atoms with van der Waals surface area (Å²) in [6.07, 6.45) is 2.10. The molecule has 3 fully saturated rings. The minimum atomic E-state index is -4.33. The predicted octanol–water partition coefficient (Wildman–Crippen LogP) is 5.32. The van der Waals surface area contributed by atoms with Crippen molar-refractivity contribution in [1.29, 1.82) is 0 Å². The van der Waals surface area contributed by atoms with Gasteiger partial charge in [-0.2, -0.15) is 13.2 Å². The minimum Gasteiger partial charge on any atom is -0.385 e. The summed E-state index contributed by atoms with van der Waals surface area (Å²) in [5.41, 5.74) is 6.52. The van der Waals surface area contributed by atoms with E-state index in [9.17, 15) is 26.7 Å². The van der Waals surface area contributed by atoms with Crippen LogP contribution in [0.15, 0.2) is 47.8 Å². The molecule has 1 aliphatic carbocycles. The highest BCUT2D eigenvalue weighted by molar-refractivity contribution is 5.76. The quantitative estimate of drug-likeness (QED) is 0.299. The third-order valence-corrected chi connectivity index (χ3v) is 8.37. The first-order valence-corrected chi connectivity index (χ1v) is 14.7. The number of piperazine rings is 1. The number of nitrogens with two attached hydrogens (primary N) is 1. The van der Waals surface area contributed by atoms with Crippen LogP contribution in [0.5, 0.6) is 0 Å². The predicted molar refractivity (Wildman–Crippen MR) is 150 cm³/mol. The summed E-state index contributed by atoms with van der Waals surface area (Å²) in [6.45, 7) is 7.99. The molecule has 1 amide bonds. The molecule has 4 rings (SSSR count). The van der Waals surface area contributed by atoms with Gasteiger partial charge in [-0.15, -0.1) is 0 Å². The summed E-state index contributed by atoms with van der Waals surface area (Å²) in [4.78, 5) is 21.1. The number of rotatable bonds is 10. The van der Waals surface area contributed by atoms with Gasteiger partial charge in [0.2, 0.25) is 5.91 Å². The molecule has 2 N–H and O–H groups in total. The highest BCUT2D eigenvalue weighted by atomic mass is 19.4. The van der Waals surface area contributed by atoms with Gasteiger partial charge < -0.3 is 20.4 Å². The van der Waals surface area contributed by atoms with Gasteiger partial charge in [-0.05, 0) is 74.6 Å². The molecule has 0 atom stereocenters. The van der Waals surface area contributed by atoms with Crippen molar-refractivity contribution in [2.45, 2.75) is 57.5 Å². The van der Waals surface area contributed by atoms with Gasteiger partial charge in [0.05, 0.1) is 11.4 Å². The van der Waals surface area contributed by atoms with E-state index in [2.05, 4.69) is 9.80 Å². The highest BCUT2D eigenvalue weighted by Crippen LogP contribution is 2.48. The Morgan fingerprint density at radius 3 is 2.15 bits per heavy atom. The average molecular weight is 584 g/mol. The number of anilines is 1. The van der Waals surface area contributed by atoms with E-state index in [0.29, 0.717) is 51.3 Å². The number of alkyl halides is 5. The molecular formula is C30H42F5N5O. The Labute approximate surface area is 239 Å². The zero-order valence-electron chi connectivity index (χ0n) is 23.8. The zero-order valence-corrected chi connectivity index (χ0v) is 23.8. The summed E-state index contributed by atoms with van der Waals surface area (Å²) in [6, 6.07) is 5.29. The molecule has 0 spiro atoms. The lowest BCUT2D eigenvalue weighted by Crippen LogP contribution is -2.46. The smallest absolute Gasteiger partial charge is 0.385 e. The summed E-state index contributed by atoms with van der Waals surface area (Å²) >= 11 is 0. The van der Waals surface area contributed by atoms with Gasteiger partial charge in [0, 0.05) is 70.4 Å². The molecule has 2 heterocycles. The van der Waals surface area contributed by atoms with E-state index < -0.39 is 23.6 Å². The van der Waals surface area contributed by atoms with Crippen LogP contribution in [0.1, 0.15) is 51.0 Å². The molecule has 3 aliphatic rings. The second-order valence-electron chi connectivity index (χ2n) is 11.2. The summed E-state index contributed by atoms with van der Waals surface area (Å²) in [5.74, 6) is -2.76. The largest absolute Gasteiger partial charge is 0.416 e. The number of allylic oxidation sites excluding steroid dienone is 3. The van der Waals surface area contributed by atoms with Crippen LogP contribution in [-0.4, -0.2) is 85.4 Å². The Morgan fingerprint density at radius 1 is 0.902 bits per heavy atom. The number of nitrogens with zero attached hydrogens (tertiary/aromatic N) is 4. The normalized spacial score (nSPS) is 20.4. The topological polar surface area (TPSA) is 56.1 Å². The van der Waals surface area contributed by atoms with Crippen molar-refractivity contribution in [3.63, 3.8) is 0 Å². The first-order chi connectivity index (χ1) is 19.5. The lowest BCUT2D eigenvalue weighted by Gasteiger charge is -2.36. The lowest BCUT2D eigenvalue weighted by molar-refractivity contribution is -0.137. The van der Waals surface area contributed by atoms with E-state index in [0.717, 1.165) is 63.4 Å². The van der Waals surface area contributed by atoms with Gasteiger partial charge in [0.15, 0.2) is 0 Å². The minimum absolute atomic E-state index is 0.107.